The first kappa shape index (κ1) is 28.4. The number of rotatable bonds is 16. The van der Waals surface area contributed by atoms with E-state index in [2.05, 4.69) is 84.5 Å². The lowest BCUT2D eigenvalue weighted by atomic mass is 10.1. The fourth-order valence-corrected chi connectivity index (χ4v) is 6.68. The highest BCUT2D eigenvalue weighted by molar-refractivity contribution is 7.13. The summed E-state index contributed by atoms with van der Waals surface area (Å²) < 4.78 is 0. The van der Waals surface area contributed by atoms with E-state index >= 15 is 0 Å². The predicted molar refractivity (Wildman–Crippen MR) is 168 cm³/mol. The van der Waals surface area contributed by atoms with Crippen LogP contribution in [-0.4, -0.2) is 9.97 Å². The Morgan fingerprint density at radius 1 is 0.579 bits per heavy atom. The van der Waals surface area contributed by atoms with Gasteiger partial charge >= 0.3 is 0 Å². The molecule has 2 nitrogen and oxygen atoms in total. The van der Waals surface area contributed by atoms with Gasteiger partial charge in [-0.15, -0.1) is 22.7 Å². The van der Waals surface area contributed by atoms with Gasteiger partial charge in [0.25, 0.3) is 0 Å². The van der Waals surface area contributed by atoms with Crippen LogP contribution in [0.3, 0.4) is 0 Å². The number of hydrogen-bond acceptors (Lipinski definition) is 4. The van der Waals surface area contributed by atoms with Gasteiger partial charge in [0.1, 0.15) is 0 Å². The predicted octanol–water partition coefficient (Wildman–Crippen LogP) is 10.5. The van der Waals surface area contributed by atoms with Crippen LogP contribution in [0, 0.1) is 0 Å². The number of pyridine rings is 2. The maximum absolute atomic E-state index is 4.64. The van der Waals surface area contributed by atoms with Crippen molar-refractivity contribution in [3.05, 3.63) is 91.6 Å². The van der Waals surface area contributed by atoms with Gasteiger partial charge in [0.15, 0.2) is 0 Å². The Balaban J connectivity index is 1.32. The average molecular weight is 543 g/mol. The van der Waals surface area contributed by atoms with Gasteiger partial charge in [-0.05, 0) is 104 Å². The van der Waals surface area contributed by atoms with Crippen molar-refractivity contribution in [2.75, 3.05) is 0 Å². The SMILES string of the molecule is CCCCCCc1ccc(/C=C/c2ccnc(-c3cc(CCc4ccc(CCCCCC)s4)ccn3)c2)s1. The van der Waals surface area contributed by atoms with Crippen molar-refractivity contribution in [3.63, 3.8) is 0 Å². The molecule has 0 saturated heterocycles. The molecule has 4 aromatic rings. The van der Waals surface area contributed by atoms with Gasteiger partial charge in [0, 0.05) is 31.9 Å². The summed E-state index contributed by atoms with van der Waals surface area (Å²) in [5.41, 5.74) is 4.36. The van der Waals surface area contributed by atoms with E-state index in [0.29, 0.717) is 0 Å². The molecule has 200 valence electrons. The van der Waals surface area contributed by atoms with Crippen LogP contribution >= 0.6 is 22.7 Å². The third-order valence-corrected chi connectivity index (χ3v) is 9.24. The summed E-state index contributed by atoms with van der Waals surface area (Å²) in [5.74, 6) is 0. The zero-order valence-corrected chi connectivity index (χ0v) is 24.8. The van der Waals surface area contributed by atoms with Crippen LogP contribution in [0.4, 0.5) is 0 Å². The smallest absolute Gasteiger partial charge is 0.0892 e. The van der Waals surface area contributed by atoms with E-state index in [0.717, 1.165) is 29.8 Å². The summed E-state index contributed by atoms with van der Waals surface area (Å²) in [5, 5.41) is 0. The summed E-state index contributed by atoms with van der Waals surface area (Å²) in [6.07, 6.45) is 23.4. The number of thiophene rings is 2. The standard InChI is InChI=1S/C34H42N2S2/c1-3-5-7-9-11-29-17-19-31(37-29)15-13-27-21-23-35-33(25-27)34-26-28(22-24-36-34)14-16-32-20-18-30(38-32)12-10-8-6-4-2/h13,15,17-26H,3-12,14,16H2,1-2H3/b15-13+. The fourth-order valence-electron chi connectivity index (χ4n) is 4.67. The topological polar surface area (TPSA) is 25.8 Å². The molecule has 0 amide bonds. The molecule has 4 heteroatoms. The summed E-state index contributed by atoms with van der Waals surface area (Å²) in [7, 11) is 0. The van der Waals surface area contributed by atoms with E-state index < -0.39 is 0 Å². The second-order valence-electron chi connectivity index (χ2n) is 10.2. The van der Waals surface area contributed by atoms with Gasteiger partial charge in [0.2, 0.25) is 0 Å². The minimum absolute atomic E-state index is 0.933. The van der Waals surface area contributed by atoms with Gasteiger partial charge in [-0.1, -0.05) is 58.4 Å². The molecular formula is C34H42N2S2. The van der Waals surface area contributed by atoms with Crippen LogP contribution in [0.2, 0.25) is 0 Å². The van der Waals surface area contributed by atoms with Gasteiger partial charge in [-0.3, -0.25) is 9.97 Å². The van der Waals surface area contributed by atoms with Crippen molar-refractivity contribution in [1.29, 1.82) is 0 Å². The lowest BCUT2D eigenvalue weighted by Crippen LogP contribution is -1.93. The van der Waals surface area contributed by atoms with Gasteiger partial charge in [0.05, 0.1) is 11.4 Å². The molecule has 4 heterocycles. The monoisotopic (exact) mass is 542 g/mol. The molecule has 0 aromatic carbocycles. The Bertz CT molecular complexity index is 1270. The molecule has 0 aliphatic carbocycles. The van der Waals surface area contributed by atoms with Crippen LogP contribution in [0.25, 0.3) is 23.5 Å². The van der Waals surface area contributed by atoms with Crippen molar-refractivity contribution in [2.24, 2.45) is 0 Å². The molecule has 0 aliphatic rings. The zero-order chi connectivity index (χ0) is 26.4. The highest BCUT2D eigenvalue weighted by atomic mass is 32.1. The van der Waals surface area contributed by atoms with Crippen LogP contribution in [-0.2, 0) is 25.7 Å². The van der Waals surface area contributed by atoms with E-state index in [1.54, 1.807) is 0 Å². The first-order valence-electron chi connectivity index (χ1n) is 14.5. The minimum Gasteiger partial charge on any atom is -0.255 e. The molecule has 0 N–H and O–H groups in total. The van der Waals surface area contributed by atoms with Crippen LogP contribution < -0.4 is 0 Å². The largest absolute Gasteiger partial charge is 0.255 e. The summed E-state index contributed by atoms with van der Waals surface area (Å²) in [6, 6.07) is 17.7. The Labute approximate surface area is 237 Å². The molecule has 0 aliphatic heterocycles. The molecule has 0 atom stereocenters. The molecule has 0 radical (unpaired) electrons. The molecule has 0 unspecified atom stereocenters. The molecule has 38 heavy (non-hydrogen) atoms. The normalized spacial score (nSPS) is 11.5. The minimum atomic E-state index is 0.933. The van der Waals surface area contributed by atoms with Gasteiger partial charge < -0.3 is 0 Å². The van der Waals surface area contributed by atoms with Crippen molar-refractivity contribution >= 4 is 34.8 Å². The second-order valence-corrected chi connectivity index (χ2v) is 12.6. The average Bonchev–Trinajstić information content (AvgIpc) is 3.61. The highest BCUT2D eigenvalue weighted by Crippen LogP contribution is 2.24. The van der Waals surface area contributed by atoms with E-state index in [1.165, 1.54) is 89.3 Å². The Hall–Kier alpha value is -2.56. The number of aromatic nitrogens is 2. The number of unbranched alkanes of at least 4 members (excludes halogenated alkanes) is 6. The Morgan fingerprint density at radius 2 is 1.21 bits per heavy atom. The number of aryl methyl sites for hydroxylation is 4. The van der Waals surface area contributed by atoms with Gasteiger partial charge in [-0.25, -0.2) is 0 Å². The van der Waals surface area contributed by atoms with E-state index in [9.17, 15) is 0 Å². The van der Waals surface area contributed by atoms with E-state index in [-0.39, 0.29) is 0 Å². The first-order valence-corrected chi connectivity index (χ1v) is 16.1. The van der Waals surface area contributed by atoms with Crippen molar-refractivity contribution in [3.8, 4) is 11.4 Å². The van der Waals surface area contributed by atoms with E-state index in [1.807, 2.05) is 35.1 Å². The number of nitrogens with zero attached hydrogens (tertiary/aromatic N) is 2. The fraction of sp³-hybridized carbons (Fsp3) is 0.412. The zero-order valence-electron chi connectivity index (χ0n) is 23.1. The van der Waals surface area contributed by atoms with Gasteiger partial charge in [-0.2, -0.15) is 0 Å². The molecule has 0 spiro atoms. The highest BCUT2D eigenvalue weighted by Gasteiger charge is 2.06. The molecule has 4 rings (SSSR count). The van der Waals surface area contributed by atoms with Crippen molar-refractivity contribution in [1.82, 2.24) is 9.97 Å². The Kier molecular flexibility index (Phi) is 11.8. The summed E-state index contributed by atoms with van der Waals surface area (Å²) >= 11 is 3.90. The van der Waals surface area contributed by atoms with Crippen LogP contribution in [0.15, 0.2) is 60.9 Å². The molecule has 4 aromatic heterocycles. The third kappa shape index (κ3) is 9.32. The van der Waals surface area contributed by atoms with Crippen LogP contribution in [0.5, 0.6) is 0 Å². The van der Waals surface area contributed by atoms with Crippen LogP contribution in [0.1, 0.15) is 95.8 Å². The Morgan fingerprint density at radius 3 is 1.95 bits per heavy atom. The van der Waals surface area contributed by atoms with Crippen molar-refractivity contribution in [2.45, 2.75) is 90.9 Å². The summed E-state index contributed by atoms with van der Waals surface area (Å²) in [6.45, 7) is 4.54. The lowest BCUT2D eigenvalue weighted by molar-refractivity contribution is 0.670. The summed E-state index contributed by atoms with van der Waals surface area (Å²) in [4.78, 5) is 15.1. The maximum atomic E-state index is 4.64. The first-order chi connectivity index (χ1) is 18.7. The molecule has 0 bridgehead atoms. The van der Waals surface area contributed by atoms with Crippen molar-refractivity contribution < 1.29 is 0 Å². The lowest BCUT2D eigenvalue weighted by Gasteiger charge is -2.05. The third-order valence-electron chi connectivity index (χ3n) is 6.92. The maximum Gasteiger partial charge on any atom is 0.0892 e. The molecule has 0 fully saturated rings. The second kappa shape index (κ2) is 15.8. The number of hydrogen-bond donors (Lipinski definition) is 0. The quantitative estimate of drug-likeness (QED) is 0.132. The van der Waals surface area contributed by atoms with E-state index in [4.69, 9.17) is 0 Å². The molecular weight excluding hydrogens is 501 g/mol. The molecule has 0 saturated carbocycles.